The van der Waals surface area contributed by atoms with E-state index in [0.717, 1.165) is 5.69 Å². The summed E-state index contributed by atoms with van der Waals surface area (Å²) in [4.78, 5) is 29.6. The number of thioether (sulfide) groups is 1. The van der Waals surface area contributed by atoms with Gasteiger partial charge in [0.05, 0.1) is 24.1 Å². The fraction of sp³-hybridized carbons (Fsp3) is 0.176. The standard InChI is InChI=1S/C17H15N5O3S2/c1-10-7-13(21-20-10)19-14(23)9-27-17-18-12-4-6-26-15(12)16(24)22(17)8-11-3-2-5-25-11/h2-7H,8-9H2,1H3,(H2,19,20,21,23). The van der Waals surface area contributed by atoms with Gasteiger partial charge in [-0.3, -0.25) is 19.3 Å². The van der Waals surface area contributed by atoms with Gasteiger partial charge in [0, 0.05) is 11.8 Å². The van der Waals surface area contributed by atoms with Gasteiger partial charge in [0.15, 0.2) is 11.0 Å². The highest BCUT2D eigenvalue weighted by Crippen LogP contribution is 2.22. The number of nitrogens with zero attached hydrogens (tertiary/aromatic N) is 3. The summed E-state index contributed by atoms with van der Waals surface area (Å²) in [6.45, 7) is 2.11. The van der Waals surface area contributed by atoms with E-state index in [1.165, 1.54) is 27.7 Å². The maximum atomic E-state index is 12.8. The molecule has 10 heteroatoms. The fourth-order valence-electron chi connectivity index (χ4n) is 2.52. The Morgan fingerprint density at radius 2 is 2.33 bits per heavy atom. The highest BCUT2D eigenvalue weighted by Gasteiger charge is 2.15. The molecule has 138 valence electrons. The number of rotatable bonds is 6. The highest BCUT2D eigenvalue weighted by atomic mass is 32.2. The summed E-state index contributed by atoms with van der Waals surface area (Å²) in [5.74, 6) is 0.989. The zero-order valence-corrected chi connectivity index (χ0v) is 15.9. The predicted octanol–water partition coefficient (Wildman–Crippen LogP) is 2.86. The number of anilines is 1. The zero-order chi connectivity index (χ0) is 18.8. The summed E-state index contributed by atoms with van der Waals surface area (Å²) < 4.78 is 7.49. The molecule has 1 amide bonds. The molecule has 4 heterocycles. The number of fused-ring (bicyclic) bond motifs is 1. The second kappa shape index (κ2) is 7.41. The number of furan rings is 1. The van der Waals surface area contributed by atoms with E-state index >= 15 is 0 Å². The summed E-state index contributed by atoms with van der Waals surface area (Å²) in [5, 5.41) is 11.8. The van der Waals surface area contributed by atoms with Crippen molar-refractivity contribution in [1.29, 1.82) is 0 Å². The van der Waals surface area contributed by atoms with Gasteiger partial charge in [-0.05, 0) is 30.5 Å². The maximum Gasteiger partial charge on any atom is 0.272 e. The average Bonchev–Trinajstić information content (AvgIpc) is 3.38. The quantitative estimate of drug-likeness (QED) is 0.380. The van der Waals surface area contributed by atoms with Crippen LogP contribution in [0.1, 0.15) is 11.5 Å². The molecule has 0 fully saturated rings. The Hall–Kier alpha value is -2.85. The summed E-state index contributed by atoms with van der Waals surface area (Å²) in [6.07, 6.45) is 1.56. The second-order valence-corrected chi connectivity index (χ2v) is 7.63. The summed E-state index contributed by atoms with van der Waals surface area (Å²) in [6, 6.07) is 7.11. The number of aromatic amines is 1. The van der Waals surface area contributed by atoms with Gasteiger partial charge < -0.3 is 9.73 Å². The number of carbonyl (C=O) groups is 1. The van der Waals surface area contributed by atoms with Crippen molar-refractivity contribution in [3.63, 3.8) is 0 Å². The van der Waals surface area contributed by atoms with Crippen LogP contribution in [0.5, 0.6) is 0 Å². The van der Waals surface area contributed by atoms with Crippen LogP contribution in [0.3, 0.4) is 0 Å². The van der Waals surface area contributed by atoms with E-state index in [0.29, 0.717) is 27.0 Å². The first-order valence-corrected chi connectivity index (χ1v) is 9.92. The van der Waals surface area contributed by atoms with Crippen molar-refractivity contribution in [2.75, 3.05) is 11.1 Å². The van der Waals surface area contributed by atoms with E-state index in [2.05, 4.69) is 20.5 Å². The van der Waals surface area contributed by atoms with E-state index in [-0.39, 0.29) is 23.8 Å². The topological polar surface area (TPSA) is 106 Å². The Morgan fingerprint density at radius 3 is 3.07 bits per heavy atom. The van der Waals surface area contributed by atoms with Crippen LogP contribution in [0.2, 0.25) is 0 Å². The number of hydrogen-bond donors (Lipinski definition) is 2. The van der Waals surface area contributed by atoms with E-state index in [9.17, 15) is 9.59 Å². The molecule has 0 aromatic carbocycles. The van der Waals surface area contributed by atoms with Crippen molar-refractivity contribution >= 4 is 45.0 Å². The van der Waals surface area contributed by atoms with Crippen LogP contribution in [0.15, 0.2) is 50.3 Å². The minimum Gasteiger partial charge on any atom is -0.467 e. The minimum absolute atomic E-state index is 0.103. The minimum atomic E-state index is -0.226. The Labute approximate surface area is 161 Å². The lowest BCUT2D eigenvalue weighted by atomic mass is 10.4. The highest BCUT2D eigenvalue weighted by molar-refractivity contribution is 7.99. The molecule has 2 N–H and O–H groups in total. The van der Waals surface area contributed by atoms with Gasteiger partial charge >= 0.3 is 0 Å². The third-order valence-corrected chi connectivity index (χ3v) is 5.60. The molecule has 0 aliphatic rings. The van der Waals surface area contributed by atoms with Crippen molar-refractivity contribution in [2.24, 2.45) is 0 Å². The lowest BCUT2D eigenvalue weighted by molar-refractivity contribution is -0.113. The van der Waals surface area contributed by atoms with E-state index in [1.807, 2.05) is 12.3 Å². The molecule has 8 nitrogen and oxygen atoms in total. The van der Waals surface area contributed by atoms with Crippen LogP contribution in [0, 0.1) is 6.92 Å². The number of nitrogens with one attached hydrogen (secondary N) is 2. The van der Waals surface area contributed by atoms with Gasteiger partial charge in [-0.15, -0.1) is 11.3 Å². The molecule has 0 saturated carbocycles. The molecular formula is C17H15N5O3S2. The lowest BCUT2D eigenvalue weighted by Gasteiger charge is -2.10. The second-order valence-electron chi connectivity index (χ2n) is 5.77. The number of aryl methyl sites for hydroxylation is 1. The molecule has 0 spiro atoms. The Bertz CT molecular complexity index is 1140. The van der Waals surface area contributed by atoms with Crippen LogP contribution in [0.25, 0.3) is 10.2 Å². The molecular weight excluding hydrogens is 386 g/mol. The number of carbonyl (C=O) groups excluding carboxylic acids is 1. The summed E-state index contributed by atoms with van der Waals surface area (Å²) in [5.41, 5.74) is 1.35. The van der Waals surface area contributed by atoms with Gasteiger partial charge in [-0.2, -0.15) is 5.10 Å². The smallest absolute Gasteiger partial charge is 0.272 e. The molecule has 0 unspecified atom stereocenters. The molecule has 0 radical (unpaired) electrons. The molecule has 0 atom stereocenters. The van der Waals surface area contributed by atoms with Crippen molar-refractivity contribution in [3.05, 3.63) is 57.7 Å². The van der Waals surface area contributed by atoms with E-state index in [1.54, 1.807) is 30.5 Å². The molecule has 0 saturated heterocycles. The van der Waals surface area contributed by atoms with Gasteiger partial charge in [-0.25, -0.2) is 4.98 Å². The van der Waals surface area contributed by atoms with Crippen LogP contribution in [0.4, 0.5) is 5.82 Å². The zero-order valence-electron chi connectivity index (χ0n) is 14.3. The predicted molar refractivity (Wildman–Crippen MR) is 104 cm³/mol. The number of hydrogen-bond acceptors (Lipinski definition) is 7. The van der Waals surface area contributed by atoms with Gasteiger partial charge in [-0.1, -0.05) is 11.8 Å². The molecule has 4 rings (SSSR count). The third-order valence-electron chi connectivity index (χ3n) is 3.73. The number of aromatic nitrogens is 4. The fourth-order valence-corrected chi connectivity index (χ4v) is 4.10. The molecule has 0 aliphatic carbocycles. The lowest BCUT2D eigenvalue weighted by Crippen LogP contribution is -2.24. The van der Waals surface area contributed by atoms with Crippen molar-refractivity contribution in [2.45, 2.75) is 18.6 Å². The van der Waals surface area contributed by atoms with Crippen LogP contribution < -0.4 is 10.9 Å². The number of thiophene rings is 1. The first-order chi connectivity index (χ1) is 13.1. The monoisotopic (exact) mass is 401 g/mol. The largest absolute Gasteiger partial charge is 0.467 e. The van der Waals surface area contributed by atoms with Gasteiger partial charge in [0.1, 0.15) is 10.5 Å². The average molecular weight is 401 g/mol. The number of H-pyrrole nitrogens is 1. The number of amides is 1. The third kappa shape index (κ3) is 3.81. The van der Waals surface area contributed by atoms with Crippen molar-refractivity contribution in [1.82, 2.24) is 19.7 Å². The van der Waals surface area contributed by atoms with Gasteiger partial charge in [0.2, 0.25) is 5.91 Å². The first-order valence-electron chi connectivity index (χ1n) is 8.05. The summed E-state index contributed by atoms with van der Waals surface area (Å²) >= 11 is 2.55. The van der Waals surface area contributed by atoms with Crippen LogP contribution >= 0.6 is 23.1 Å². The molecule has 27 heavy (non-hydrogen) atoms. The van der Waals surface area contributed by atoms with Crippen molar-refractivity contribution in [3.8, 4) is 0 Å². The Kier molecular flexibility index (Phi) is 4.82. The van der Waals surface area contributed by atoms with Crippen molar-refractivity contribution < 1.29 is 9.21 Å². The van der Waals surface area contributed by atoms with E-state index in [4.69, 9.17) is 4.42 Å². The maximum absolute atomic E-state index is 12.8. The van der Waals surface area contributed by atoms with E-state index < -0.39 is 0 Å². The van der Waals surface area contributed by atoms with Gasteiger partial charge in [0.25, 0.3) is 5.56 Å². The Balaban J connectivity index is 1.57. The SMILES string of the molecule is Cc1cc(NC(=O)CSc2nc3ccsc3c(=O)n2Cc2ccco2)n[nH]1. The Morgan fingerprint density at radius 1 is 1.44 bits per heavy atom. The normalized spacial score (nSPS) is 11.1. The summed E-state index contributed by atoms with van der Waals surface area (Å²) in [7, 11) is 0. The first kappa shape index (κ1) is 17.6. The molecule has 0 aliphatic heterocycles. The van der Waals surface area contributed by atoms with Crippen LogP contribution in [-0.4, -0.2) is 31.4 Å². The molecule has 4 aromatic heterocycles. The molecule has 4 aromatic rings. The van der Waals surface area contributed by atoms with Crippen LogP contribution in [-0.2, 0) is 11.3 Å². The molecule has 0 bridgehead atoms.